The summed E-state index contributed by atoms with van der Waals surface area (Å²) in [5.74, 6) is 2.48. The lowest BCUT2D eigenvalue weighted by Gasteiger charge is -2.63. The molecule has 1 N–H and O–H groups in total. The van der Waals surface area contributed by atoms with Crippen LogP contribution in [0.1, 0.15) is 48.8 Å². The molecule has 4 nitrogen and oxygen atoms in total. The van der Waals surface area contributed by atoms with Crippen LogP contribution in [0.5, 0.6) is 11.5 Å². The molecule has 0 amide bonds. The molecule has 2 saturated carbocycles. The Balaban J connectivity index is 1.32. The average Bonchev–Trinajstić information content (AvgIpc) is 3.55. The van der Waals surface area contributed by atoms with Gasteiger partial charge in [0.05, 0.1) is 11.0 Å². The summed E-state index contributed by atoms with van der Waals surface area (Å²) in [6.45, 7) is 7.09. The van der Waals surface area contributed by atoms with Crippen LogP contribution in [-0.2, 0) is 18.4 Å². The molecule has 2 aromatic carbocycles. The first kappa shape index (κ1) is 19.2. The predicted molar refractivity (Wildman–Crippen MR) is 123 cm³/mol. The van der Waals surface area contributed by atoms with Crippen molar-refractivity contribution >= 4 is 0 Å². The number of piperidine rings is 1. The molecule has 0 radical (unpaired) electrons. The molecule has 166 valence electrons. The van der Waals surface area contributed by atoms with E-state index in [1.54, 1.807) is 0 Å². The van der Waals surface area contributed by atoms with Crippen LogP contribution in [0.3, 0.4) is 0 Å². The molecule has 1 spiro atoms. The highest BCUT2D eigenvalue weighted by Crippen LogP contribution is 2.66. The highest BCUT2D eigenvalue weighted by Gasteiger charge is 2.72. The number of hydrogen-bond acceptors (Lipinski definition) is 4. The van der Waals surface area contributed by atoms with E-state index in [0.717, 1.165) is 67.3 Å². The van der Waals surface area contributed by atoms with Crippen molar-refractivity contribution in [2.75, 3.05) is 13.1 Å². The second kappa shape index (κ2) is 6.61. The van der Waals surface area contributed by atoms with Crippen LogP contribution in [0, 0.1) is 5.92 Å². The lowest BCUT2D eigenvalue weighted by atomic mass is 9.48. The molecular formula is C28H31NO3. The van der Waals surface area contributed by atoms with Crippen LogP contribution in [-0.4, -0.2) is 40.8 Å². The molecule has 3 fully saturated rings. The normalized spacial score (nSPS) is 34.7. The van der Waals surface area contributed by atoms with E-state index < -0.39 is 5.60 Å². The Morgan fingerprint density at radius 1 is 1.12 bits per heavy atom. The summed E-state index contributed by atoms with van der Waals surface area (Å²) in [4.78, 5) is 2.61. The van der Waals surface area contributed by atoms with Gasteiger partial charge in [0.15, 0.2) is 11.5 Å². The molecule has 5 aliphatic rings. The highest BCUT2D eigenvalue weighted by molar-refractivity contribution is 5.64. The SMILES string of the molecule is C=C1CC[C@@]2(O)[C@H]3Cc4ccc(OCc5ccccc5)c5c4[C@@]2(CCN3CC2CC2)C1O5. The van der Waals surface area contributed by atoms with Crippen LogP contribution >= 0.6 is 0 Å². The monoisotopic (exact) mass is 429 g/mol. The van der Waals surface area contributed by atoms with E-state index >= 15 is 0 Å². The summed E-state index contributed by atoms with van der Waals surface area (Å²) in [6.07, 6.45) is 5.98. The minimum Gasteiger partial charge on any atom is -0.485 e. The first-order chi connectivity index (χ1) is 15.6. The molecule has 7 rings (SSSR count). The molecular weight excluding hydrogens is 398 g/mol. The Morgan fingerprint density at radius 2 is 1.97 bits per heavy atom. The largest absolute Gasteiger partial charge is 0.485 e. The quantitative estimate of drug-likeness (QED) is 0.716. The fourth-order valence-electron chi connectivity index (χ4n) is 7.23. The minimum atomic E-state index is -0.762. The first-order valence-electron chi connectivity index (χ1n) is 12.2. The molecule has 1 unspecified atom stereocenters. The first-order valence-corrected chi connectivity index (χ1v) is 12.2. The van der Waals surface area contributed by atoms with Crippen molar-refractivity contribution in [1.29, 1.82) is 0 Å². The summed E-state index contributed by atoms with van der Waals surface area (Å²) in [5.41, 5.74) is 3.67. The summed E-state index contributed by atoms with van der Waals surface area (Å²) in [5, 5.41) is 12.4. The molecule has 3 aliphatic carbocycles. The maximum absolute atomic E-state index is 12.4. The number of benzene rings is 2. The topological polar surface area (TPSA) is 41.9 Å². The van der Waals surface area contributed by atoms with E-state index in [4.69, 9.17) is 9.47 Å². The summed E-state index contributed by atoms with van der Waals surface area (Å²) in [7, 11) is 0. The van der Waals surface area contributed by atoms with Crippen molar-refractivity contribution in [2.24, 2.45) is 5.92 Å². The maximum atomic E-state index is 12.4. The van der Waals surface area contributed by atoms with Crippen molar-refractivity contribution in [3.8, 4) is 11.5 Å². The van der Waals surface area contributed by atoms with E-state index in [2.05, 4.69) is 35.7 Å². The van der Waals surface area contributed by atoms with Gasteiger partial charge < -0.3 is 14.6 Å². The molecule has 4 heteroatoms. The number of nitrogens with zero attached hydrogens (tertiary/aromatic N) is 1. The zero-order valence-corrected chi connectivity index (χ0v) is 18.6. The zero-order valence-electron chi connectivity index (χ0n) is 18.6. The molecule has 0 aromatic heterocycles. The van der Waals surface area contributed by atoms with Gasteiger partial charge in [-0.05, 0) is 73.8 Å². The molecule has 2 aliphatic heterocycles. The van der Waals surface area contributed by atoms with E-state index in [-0.39, 0.29) is 17.6 Å². The van der Waals surface area contributed by atoms with Crippen molar-refractivity contribution < 1.29 is 14.6 Å². The number of rotatable bonds is 5. The Kier molecular flexibility index (Phi) is 3.97. The average molecular weight is 430 g/mol. The van der Waals surface area contributed by atoms with E-state index in [9.17, 15) is 5.11 Å². The minimum absolute atomic E-state index is 0.151. The van der Waals surface area contributed by atoms with Crippen molar-refractivity contribution in [1.82, 2.24) is 4.90 Å². The summed E-state index contributed by atoms with van der Waals surface area (Å²) < 4.78 is 13.0. The van der Waals surface area contributed by atoms with Crippen LogP contribution in [0.4, 0.5) is 0 Å². The third-order valence-electron chi connectivity index (χ3n) is 8.93. The second-order valence-electron chi connectivity index (χ2n) is 10.7. The van der Waals surface area contributed by atoms with Gasteiger partial charge in [-0.15, -0.1) is 0 Å². The number of hydrogen-bond donors (Lipinski definition) is 1. The van der Waals surface area contributed by atoms with Gasteiger partial charge in [0.1, 0.15) is 12.7 Å². The molecule has 2 heterocycles. The summed E-state index contributed by atoms with van der Waals surface area (Å²) >= 11 is 0. The van der Waals surface area contributed by atoms with Gasteiger partial charge in [0.2, 0.25) is 0 Å². The Bertz CT molecular complexity index is 1090. The molecule has 32 heavy (non-hydrogen) atoms. The van der Waals surface area contributed by atoms with Gasteiger partial charge in [0, 0.05) is 18.2 Å². The molecule has 2 aromatic rings. The standard InChI is InChI=1S/C28H31NO3/c1-18-11-12-28(30)23-15-21-9-10-22(31-17-20-5-3-2-4-6-20)25-24(21)27(28,26(18)32-25)13-14-29(23)16-19-7-8-19/h2-6,9-10,19,23,26,30H,1,7-8,11-17H2/t23-,26?,27+,28-/m1/s1. The number of aliphatic hydroxyl groups is 1. The second-order valence-corrected chi connectivity index (χ2v) is 10.7. The zero-order chi connectivity index (χ0) is 21.5. The van der Waals surface area contributed by atoms with Crippen LogP contribution in [0.25, 0.3) is 0 Å². The summed E-state index contributed by atoms with van der Waals surface area (Å²) in [6, 6.07) is 14.7. The lowest BCUT2D eigenvalue weighted by Crippen LogP contribution is -2.75. The third kappa shape index (κ3) is 2.45. The Morgan fingerprint density at radius 3 is 2.78 bits per heavy atom. The Labute approximate surface area is 189 Å². The van der Waals surface area contributed by atoms with Gasteiger partial charge in [-0.1, -0.05) is 43.0 Å². The highest BCUT2D eigenvalue weighted by atomic mass is 16.5. The van der Waals surface area contributed by atoms with Crippen molar-refractivity contribution in [3.05, 3.63) is 71.3 Å². The lowest BCUT2D eigenvalue weighted by molar-refractivity contribution is -0.174. The van der Waals surface area contributed by atoms with Gasteiger partial charge in [0.25, 0.3) is 0 Å². The van der Waals surface area contributed by atoms with Crippen LogP contribution in [0.15, 0.2) is 54.6 Å². The van der Waals surface area contributed by atoms with Gasteiger partial charge in [-0.25, -0.2) is 0 Å². The number of likely N-dealkylation sites (tertiary alicyclic amines) is 1. The van der Waals surface area contributed by atoms with Crippen molar-refractivity contribution in [3.63, 3.8) is 0 Å². The van der Waals surface area contributed by atoms with E-state index in [0.29, 0.717) is 6.61 Å². The van der Waals surface area contributed by atoms with Crippen LogP contribution in [0.2, 0.25) is 0 Å². The number of ether oxygens (including phenoxy) is 2. The van der Waals surface area contributed by atoms with Gasteiger partial charge >= 0.3 is 0 Å². The van der Waals surface area contributed by atoms with Gasteiger partial charge in [-0.2, -0.15) is 0 Å². The fourth-order valence-corrected chi connectivity index (χ4v) is 7.23. The van der Waals surface area contributed by atoms with Crippen LogP contribution < -0.4 is 9.47 Å². The molecule has 4 atom stereocenters. The molecule has 1 saturated heterocycles. The Hall–Kier alpha value is -2.30. The van der Waals surface area contributed by atoms with E-state index in [1.807, 2.05) is 18.2 Å². The van der Waals surface area contributed by atoms with E-state index in [1.165, 1.54) is 24.0 Å². The maximum Gasteiger partial charge on any atom is 0.166 e. The third-order valence-corrected chi connectivity index (χ3v) is 8.93. The predicted octanol–water partition coefficient (Wildman–Crippen LogP) is 4.39. The van der Waals surface area contributed by atoms with Gasteiger partial charge in [-0.3, -0.25) is 4.90 Å². The fraction of sp³-hybridized carbons (Fsp3) is 0.500. The molecule has 2 bridgehead atoms. The smallest absolute Gasteiger partial charge is 0.166 e. The van der Waals surface area contributed by atoms with Crippen molar-refractivity contribution in [2.45, 2.75) is 68.3 Å².